The van der Waals surface area contributed by atoms with Crippen molar-refractivity contribution in [1.29, 1.82) is 0 Å². The number of fused-ring (bicyclic) bond motifs is 1. The molecule has 1 aliphatic carbocycles. The summed E-state index contributed by atoms with van der Waals surface area (Å²) in [6.45, 7) is 2.40. The second kappa shape index (κ2) is 8.25. The van der Waals surface area contributed by atoms with Crippen LogP contribution in [0.2, 0.25) is 0 Å². The molecule has 0 spiro atoms. The Kier molecular flexibility index (Phi) is 6.01. The van der Waals surface area contributed by atoms with Crippen molar-refractivity contribution in [2.75, 3.05) is 6.54 Å². The summed E-state index contributed by atoms with van der Waals surface area (Å²) < 4.78 is 26.7. The molecule has 0 saturated carbocycles. The highest BCUT2D eigenvalue weighted by molar-refractivity contribution is 5.36. The molecule has 0 saturated heterocycles. The van der Waals surface area contributed by atoms with Crippen LogP contribution in [0.5, 0.6) is 0 Å². The van der Waals surface area contributed by atoms with Crippen LogP contribution in [-0.4, -0.2) is 17.8 Å². The molecule has 0 fully saturated rings. The van der Waals surface area contributed by atoms with Crippen molar-refractivity contribution in [3.63, 3.8) is 0 Å². The van der Waals surface area contributed by atoms with Gasteiger partial charge in [0.25, 0.3) is 0 Å². The summed E-state index contributed by atoms with van der Waals surface area (Å²) in [5.41, 5.74) is 10.2. The van der Waals surface area contributed by atoms with E-state index in [1.807, 2.05) is 0 Å². The second-order valence-corrected chi connectivity index (χ2v) is 7.04. The van der Waals surface area contributed by atoms with Crippen LogP contribution >= 0.6 is 0 Å². The molecule has 0 bridgehead atoms. The second-order valence-electron chi connectivity index (χ2n) is 7.04. The third-order valence-corrected chi connectivity index (χ3v) is 5.19. The van der Waals surface area contributed by atoms with E-state index in [0.29, 0.717) is 0 Å². The summed E-state index contributed by atoms with van der Waals surface area (Å²) in [5.74, 6) is -1.38. The van der Waals surface area contributed by atoms with E-state index in [0.717, 1.165) is 31.7 Å². The Morgan fingerprint density at radius 2 is 1.92 bits per heavy atom. The van der Waals surface area contributed by atoms with Gasteiger partial charge in [-0.1, -0.05) is 25.1 Å². The quantitative estimate of drug-likeness (QED) is 0.738. The lowest BCUT2D eigenvalue weighted by atomic mass is 9.86. The van der Waals surface area contributed by atoms with E-state index in [1.165, 1.54) is 28.8 Å². The average molecular weight is 360 g/mol. The fourth-order valence-electron chi connectivity index (χ4n) is 3.66. The molecular weight excluding hydrogens is 334 g/mol. The fourth-order valence-corrected chi connectivity index (χ4v) is 3.66. The molecule has 1 aliphatic rings. The number of benzene rings is 2. The smallest absolute Gasteiger partial charge is 0.126 e. The van der Waals surface area contributed by atoms with Gasteiger partial charge in [0.2, 0.25) is 0 Å². The van der Waals surface area contributed by atoms with Gasteiger partial charge in [-0.2, -0.15) is 0 Å². The number of halogens is 2. The molecule has 2 aromatic carbocycles. The molecule has 0 aliphatic heterocycles. The van der Waals surface area contributed by atoms with Gasteiger partial charge in [0.05, 0.1) is 12.1 Å². The number of nitrogens with one attached hydrogen (secondary N) is 1. The molecule has 0 radical (unpaired) electrons. The van der Waals surface area contributed by atoms with Gasteiger partial charge in [-0.15, -0.1) is 0 Å². The van der Waals surface area contributed by atoms with Gasteiger partial charge in [-0.05, 0) is 60.1 Å². The minimum Gasteiger partial charge on any atom is -0.390 e. The first-order valence-corrected chi connectivity index (χ1v) is 9.22. The molecule has 3 rings (SSSR count). The summed E-state index contributed by atoms with van der Waals surface area (Å²) in [6, 6.07) is 9.05. The fraction of sp³-hybridized carbons (Fsp3) is 0.429. The summed E-state index contributed by atoms with van der Waals surface area (Å²) in [6.07, 6.45) is 3.21. The minimum absolute atomic E-state index is 0.163. The van der Waals surface area contributed by atoms with Gasteiger partial charge in [-0.3, -0.25) is 0 Å². The lowest BCUT2D eigenvalue weighted by Crippen LogP contribution is -2.38. The van der Waals surface area contributed by atoms with E-state index in [9.17, 15) is 13.9 Å². The monoisotopic (exact) mass is 360 g/mol. The summed E-state index contributed by atoms with van der Waals surface area (Å²) in [5, 5.41) is 13.8. The number of aliphatic hydroxyl groups excluding tert-OH is 1. The van der Waals surface area contributed by atoms with Gasteiger partial charge >= 0.3 is 0 Å². The third kappa shape index (κ3) is 4.29. The van der Waals surface area contributed by atoms with E-state index < -0.39 is 23.8 Å². The van der Waals surface area contributed by atoms with Crippen molar-refractivity contribution in [3.05, 3.63) is 70.3 Å². The molecular formula is C21H26F2N2O. The Balaban J connectivity index is 1.67. The molecule has 5 heteroatoms. The highest BCUT2D eigenvalue weighted by atomic mass is 19.1. The van der Waals surface area contributed by atoms with Crippen molar-refractivity contribution in [3.8, 4) is 0 Å². The standard InChI is InChI=1S/C21H26F2N2O/c1-2-13-6-7-14-4-3-5-19(18(14)8-13)25-12-20(26)21(24)15-9-16(22)11-17(23)10-15/h6-11,19-21,25-26H,2-5,12,24H2,1H3/t19-,20+,21?/m0/s1. The van der Waals surface area contributed by atoms with E-state index >= 15 is 0 Å². The Morgan fingerprint density at radius 1 is 1.19 bits per heavy atom. The van der Waals surface area contributed by atoms with Gasteiger partial charge in [0.15, 0.2) is 0 Å². The van der Waals surface area contributed by atoms with Crippen molar-refractivity contribution in [2.45, 2.75) is 50.8 Å². The normalized spacial score (nSPS) is 19.0. The number of aryl methyl sites for hydroxylation is 2. The van der Waals surface area contributed by atoms with Crippen LogP contribution in [0.4, 0.5) is 8.78 Å². The number of hydrogen-bond donors (Lipinski definition) is 3. The number of nitrogens with two attached hydrogens (primary N) is 1. The Labute approximate surface area is 153 Å². The largest absolute Gasteiger partial charge is 0.390 e. The first-order valence-electron chi connectivity index (χ1n) is 9.22. The molecule has 3 atom stereocenters. The lowest BCUT2D eigenvalue weighted by Gasteiger charge is -2.29. The average Bonchev–Trinajstić information content (AvgIpc) is 2.64. The zero-order valence-electron chi connectivity index (χ0n) is 15.0. The number of hydrogen-bond acceptors (Lipinski definition) is 3. The van der Waals surface area contributed by atoms with Crippen LogP contribution in [0.15, 0.2) is 36.4 Å². The Morgan fingerprint density at radius 3 is 2.62 bits per heavy atom. The first kappa shape index (κ1) is 19.0. The van der Waals surface area contributed by atoms with Crippen LogP contribution < -0.4 is 11.1 Å². The zero-order chi connectivity index (χ0) is 18.7. The highest BCUT2D eigenvalue weighted by Gasteiger charge is 2.23. The molecule has 140 valence electrons. The Bertz CT molecular complexity index is 745. The molecule has 1 unspecified atom stereocenters. The van der Waals surface area contributed by atoms with E-state index in [-0.39, 0.29) is 18.2 Å². The highest BCUT2D eigenvalue weighted by Crippen LogP contribution is 2.31. The predicted octanol–water partition coefficient (Wildman–Crippen LogP) is 3.56. The van der Waals surface area contributed by atoms with Crippen LogP contribution in [0, 0.1) is 11.6 Å². The van der Waals surface area contributed by atoms with Crippen LogP contribution in [0.25, 0.3) is 0 Å². The van der Waals surface area contributed by atoms with Crippen molar-refractivity contribution < 1.29 is 13.9 Å². The summed E-state index contributed by atoms with van der Waals surface area (Å²) >= 11 is 0. The SMILES string of the molecule is CCc1ccc2c(c1)[C@@H](NC[C@@H](O)C(N)c1cc(F)cc(F)c1)CCC2. The van der Waals surface area contributed by atoms with Gasteiger partial charge in [-0.25, -0.2) is 8.78 Å². The third-order valence-electron chi connectivity index (χ3n) is 5.19. The summed E-state index contributed by atoms with van der Waals surface area (Å²) in [4.78, 5) is 0. The number of rotatable bonds is 6. The predicted molar refractivity (Wildman–Crippen MR) is 98.8 cm³/mol. The van der Waals surface area contributed by atoms with Crippen LogP contribution in [-0.2, 0) is 12.8 Å². The van der Waals surface area contributed by atoms with Gasteiger partial charge in [0.1, 0.15) is 11.6 Å². The molecule has 4 N–H and O–H groups in total. The van der Waals surface area contributed by atoms with E-state index in [4.69, 9.17) is 5.73 Å². The molecule has 0 heterocycles. The van der Waals surface area contributed by atoms with Crippen molar-refractivity contribution >= 4 is 0 Å². The van der Waals surface area contributed by atoms with Gasteiger partial charge < -0.3 is 16.2 Å². The maximum atomic E-state index is 13.4. The van der Waals surface area contributed by atoms with Crippen molar-refractivity contribution in [1.82, 2.24) is 5.32 Å². The minimum atomic E-state index is -0.934. The van der Waals surface area contributed by atoms with Gasteiger partial charge in [0, 0.05) is 18.7 Å². The lowest BCUT2D eigenvalue weighted by molar-refractivity contribution is 0.137. The van der Waals surface area contributed by atoms with Crippen LogP contribution in [0.3, 0.4) is 0 Å². The molecule has 3 nitrogen and oxygen atoms in total. The molecule has 26 heavy (non-hydrogen) atoms. The Hall–Kier alpha value is -1.82. The van der Waals surface area contributed by atoms with E-state index in [1.54, 1.807) is 0 Å². The molecule has 0 aromatic heterocycles. The number of aliphatic hydroxyl groups is 1. The topological polar surface area (TPSA) is 58.3 Å². The van der Waals surface area contributed by atoms with Crippen molar-refractivity contribution in [2.24, 2.45) is 5.73 Å². The maximum absolute atomic E-state index is 13.4. The maximum Gasteiger partial charge on any atom is 0.126 e. The zero-order valence-corrected chi connectivity index (χ0v) is 15.0. The first-order chi connectivity index (χ1) is 12.5. The van der Waals surface area contributed by atoms with Crippen LogP contribution in [0.1, 0.15) is 54.1 Å². The molecule has 2 aromatic rings. The summed E-state index contributed by atoms with van der Waals surface area (Å²) in [7, 11) is 0. The van der Waals surface area contributed by atoms with E-state index in [2.05, 4.69) is 30.4 Å². The molecule has 0 amide bonds.